The summed E-state index contributed by atoms with van der Waals surface area (Å²) in [6.07, 6.45) is 3.28. The molecule has 3 aromatic rings. The molecule has 0 amide bonds. The Bertz CT molecular complexity index is 726. The summed E-state index contributed by atoms with van der Waals surface area (Å²) in [6, 6.07) is 8.61. The average molecular weight is 269 g/mol. The molecule has 0 saturated heterocycles. The first-order valence-electron chi connectivity index (χ1n) is 5.90. The van der Waals surface area contributed by atoms with E-state index in [1.807, 2.05) is 0 Å². The lowest BCUT2D eigenvalue weighted by Crippen LogP contribution is -1.86. The predicted octanol–water partition coefficient (Wildman–Crippen LogP) is 2.51. The van der Waals surface area contributed by atoms with Crippen LogP contribution in [0.1, 0.15) is 0 Å². The summed E-state index contributed by atoms with van der Waals surface area (Å²) >= 11 is 0. The molecule has 0 aliphatic rings. The van der Waals surface area contributed by atoms with Crippen LogP contribution in [0.5, 0.6) is 11.5 Å². The van der Waals surface area contributed by atoms with Gasteiger partial charge in [-0.15, -0.1) is 10.2 Å². The number of aromatic hydroxyl groups is 1. The Balaban J connectivity index is 2.03. The van der Waals surface area contributed by atoms with Crippen molar-refractivity contribution in [1.29, 1.82) is 0 Å². The van der Waals surface area contributed by atoms with Gasteiger partial charge in [0.15, 0.2) is 11.5 Å². The standard InChI is InChI=1S/C14H11N3O3/c1-19-11-4-2-3-10(12(11)18)14-17-16-13(20-14)9-5-7-15-8-6-9/h2-8,18H,1H3. The third kappa shape index (κ3) is 2.07. The van der Waals surface area contributed by atoms with Crippen molar-refractivity contribution in [3.05, 3.63) is 42.7 Å². The van der Waals surface area contributed by atoms with Gasteiger partial charge >= 0.3 is 0 Å². The molecular weight excluding hydrogens is 258 g/mol. The van der Waals surface area contributed by atoms with Crippen LogP contribution in [-0.4, -0.2) is 27.4 Å². The highest BCUT2D eigenvalue weighted by atomic mass is 16.5. The molecule has 0 fully saturated rings. The number of benzene rings is 1. The fourth-order valence-corrected chi connectivity index (χ4v) is 1.80. The van der Waals surface area contributed by atoms with E-state index in [0.29, 0.717) is 17.2 Å². The van der Waals surface area contributed by atoms with E-state index in [9.17, 15) is 5.11 Å². The third-order valence-electron chi connectivity index (χ3n) is 2.80. The van der Waals surface area contributed by atoms with Crippen molar-refractivity contribution in [2.24, 2.45) is 0 Å². The van der Waals surface area contributed by atoms with Gasteiger partial charge in [0.1, 0.15) is 0 Å². The molecule has 1 N–H and O–H groups in total. The van der Waals surface area contributed by atoms with Gasteiger partial charge in [-0.3, -0.25) is 4.98 Å². The number of ether oxygens (including phenoxy) is 1. The van der Waals surface area contributed by atoms with E-state index in [2.05, 4.69) is 15.2 Å². The van der Waals surface area contributed by atoms with E-state index in [1.54, 1.807) is 42.7 Å². The molecule has 20 heavy (non-hydrogen) atoms. The highest BCUT2D eigenvalue weighted by Crippen LogP contribution is 2.36. The highest BCUT2D eigenvalue weighted by Gasteiger charge is 2.16. The third-order valence-corrected chi connectivity index (χ3v) is 2.80. The molecule has 2 aromatic heterocycles. The zero-order chi connectivity index (χ0) is 13.9. The van der Waals surface area contributed by atoms with Crippen molar-refractivity contribution in [3.63, 3.8) is 0 Å². The summed E-state index contributed by atoms with van der Waals surface area (Å²) in [5.74, 6) is 0.920. The number of para-hydroxylation sites is 1. The molecule has 0 aliphatic heterocycles. The topological polar surface area (TPSA) is 81.3 Å². The SMILES string of the molecule is COc1cccc(-c2nnc(-c3ccncc3)o2)c1O. The van der Waals surface area contributed by atoms with E-state index in [0.717, 1.165) is 5.56 Å². The Hall–Kier alpha value is -2.89. The molecule has 0 spiro atoms. The van der Waals surface area contributed by atoms with Gasteiger partial charge in [-0.05, 0) is 24.3 Å². The fraction of sp³-hybridized carbons (Fsp3) is 0.0714. The van der Waals surface area contributed by atoms with Gasteiger partial charge in [-0.1, -0.05) is 6.07 Å². The predicted molar refractivity (Wildman–Crippen MR) is 71.2 cm³/mol. The number of phenolic OH excluding ortho intramolecular Hbond substituents is 1. The Labute approximate surface area is 114 Å². The molecular formula is C14H11N3O3. The maximum atomic E-state index is 10.1. The minimum absolute atomic E-state index is 0.0278. The molecule has 0 saturated carbocycles. The van der Waals surface area contributed by atoms with E-state index < -0.39 is 0 Å². The number of nitrogens with zero attached hydrogens (tertiary/aromatic N) is 3. The maximum Gasteiger partial charge on any atom is 0.252 e. The monoisotopic (exact) mass is 269 g/mol. The van der Waals surface area contributed by atoms with Crippen molar-refractivity contribution in [2.75, 3.05) is 7.11 Å². The van der Waals surface area contributed by atoms with Crippen molar-refractivity contribution in [2.45, 2.75) is 0 Å². The second kappa shape index (κ2) is 5.00. The van der Waals surface area contributed by atoms with Gasteiger partial charge in [-0.2, -0.15) is 0 Å². The summed E-state index contributed by atoms with van der Waals surface area (Å²) in [6.45, 7) is 0. The Morgan fingerprint density at radius 1 is 1.05 bits per heavy atom. The van der Waals surface area contributed by atoms with Crippen molar-refractivity contribution in [3.8, 4) is 34.4 Å². The van der Waals surface area contributed by atoms with E-state index in [1.165, 1.54) is 7.11 Å². The van der Waals surface area contributed by atoms with Crippen LogP contribution in [-0.2, 0) is 0 Å². The smallest absolute Gasteiger partial charge is 0.252 e. The first-order chi connectivity index (χ1) is 9.79. The molecule has 6 heteroatoms. The molecule has 0 bridgehead atoms. The first kappa shape index (κ1) is 12.2. The van der Waals surface area contributed by atoms with Gasteiger partial charge in [0.25, 0.3) is 5.89 Å². The van der Waals surface area contributed by atoms with E-state index in [-0.39, 0.29) is 11.6 Å². The second-order valence-electron chi connectivity index (χ2n) is 4.00. The number of methoxy groups -OCH3 is 1. The summed E-state index contributed by atoms with van der Waals surface area (Å²) in [4.78, 5) is 3.93. The van der Waals surface area contributed by atoms with Crippen molar-refractivity contribution >= 4 is 0 Å². The maximum absolute atomic E-state index is 10.1. The van der Waals surface area contributed by atoms with Crippen LogP contribution in [0.15, 0.2) is 47.1 Å². The summed E-state index contributed by atoms with van der Waals surface area (Å²) in [5.41, 5.74) is 1.19. The Kier molecular flexibility index (Phi) is 3.04. The number of phenols is 1. The van der Waals surface area contributed by atoms with Crippen LogP contribution >= 0.6 is 0 Å². The zero-order valence-corrected chi connectivity index (χ0v) is 10.6. The molecule has 0 radical (unpaired) electrons. The largest absolute Gasteiger partial charge is 0.504 e. The minimum Gasteiger partial charge on any atom is -0.504 e. The number of aromatic nitrogens is 3. The van der Waals surface area contributed by atoms with E-state index >= 15 is 0 Å². The zero-order valence-electron chi connectivity index (χ0n) is 10.6. The van der Waals surface area contributed by atoms with Gasteiger partial charge in [0.2, 0.25) is 5.89 Å². The summed E-state index contributed by atoms with van der Waals surface area (Å²) in [7, 11) is 1.48. The highest BCUT2D eigenvalue weighted by molar-refractivity contribution is 5.67. The molecule has 0 aliphatic carbocycles. The number of rotatable bonds is 3. The van der Waals surface area contributed by atoms with E-state index in [4.69, 9.17) is 9.15 Å². The number of hydrogen-bond donors (Lipinski definition) is 1. The molecule has 2 heterocycles. The lowest BCUT2D eigenvalue weighted by atomic mass is 10.2. The summed E-state index contributed by atoms with van der Waals surface area (Å²) < 4.78 is 10.6. The lowest BCUT2D eigenvalue weighted by molar-refractivity contribution is 0.373. The quantitative estimate of drug-likeness (QED) is 0.786. The van der Waals surface area contributed by atoms with Gasteiger partial charge in [0.05, 0.1) is 12.7 Å². The van der Waals surface area contributed by atoms with Crippen LogP contribution in [0.3, 0.4) is 0 Å². The van der Waals surface area contributed by atoms with Crippen LogP contribution in [0.25, 0.3) is 22.9 Å². The molecule has 1 aromatic carbocycles. The average Bonchev–Trinajstić information content (AvgIpc) is 2.98. The second-order valence-corrected chi connectivity index (χ2v) is 4.00. The van der Waals surface area contributed by atoms with Crippen LogP contribution in [0.4, 0.5) is 0 Å². The van der Waals surface area contributed by atoms with Crippen LogP contribution in [0.2, 0.25) is 0 Å². The number of hydrogen-bond acceptors (Lipinski definition) is 6. The Morgan fingerprint density at radius 2 is 1.80 bits per heavy atom. The molecule has 0 unspecified atom stereocenters. The van der Waals surface area contributed by atoms with Crippen molar-refractivity contribution in [1.82, 2.24) is 15.2 Å². The van der Waals surface area contributed by atoms with Crippen LogP contribution < -0.4 is 4.74 Å². The first-order valence-corrected chi connectivity index (χ1v) is 5.90. The lowest BCUT2D eigenvalue weighted by Gasteiger charge is -2.05. The van der Waals surface area contributed by atoms with Gasteiger partial charge in [0, 0.05) is 18.0 Å². The van der Waals surface area contributed by atoms with Gasteiger partial charge in [-0.25, -0.2) is 0 Å². The minimum atomic E-state index is -0.0278. The molecule has 0 atom stereocenters. The number of pyridine rings is 1. The molecule has 100 valence electrons. The van der Waals surface area contributed by atoms with Gasteiger partial charge < -0.3 is 14.3 Å². The molecule has 6 nitrogen and oxygen atoms in total. The summed E-state index contributed by atoms with van der Waals surface area (Å²) in [5, 5.41) is 18.0. The Morgan fingerprint density at radius 3 is 2.55 bits per heavy atom. The van der Waals surface area contributed by atoms with Crippen LogP contribution in [0, 0.1) is 0 Å². The fourth-order valence-electron chi connectivity index (χ4n) is 1.80. The molecule has 3 rings (SSSR count). The van der Waals surface area contributed by atoms with Crippen molar-refractivity contribution < 1.29 is 14.3 Å². The normalized spacial score (nSPS) is 10.4.